The average Bonchev–Trinajstić information content (AvgIpc) is 3.16. The maximum absolute atomic E-state index is 13.0. The number of hydrogen-bond donors (Lipinski definition) is 3. The summed E-state index contributed by atoms with van der Waals surface area (Å²) in [5.74, 6) is -1.67. The van der Waals surface area contributed by atoms with E-state index in [0.29, 0.717) is 0 Å². The predicted molar refractivity (Wildman–Crippen MR) is 89.4 cm³/mol. The average molecular weight is 333 g/mol. The number of rotatable bonds is 4. The highest BCUT2D eigenvalue weighted by atomic mass is 16.2. The zero-order valence-corrected chi connectivity index (χ0v) is 14.8. The van der Waals surface area contributed by atoms with Crippen molar-refractivity contribution in [3.05, 3.63) is 12.2 Å². The van der Waals surface area contributed by atoms with Gasteiger partial charge in [0, 0.05) is 7.05 Å². The summed E-state index contributed by atoms with van der Waals surface area (Å²) >= 11 is 0. The molecule has 2 saturated carbocycles. The van der Waals surface area contributed by atoms with Crippen LogP contribution in [0.1, 0.15) is 33.6 Å². The van der Waals surface area contributed by atoms with Gasteiger partial charge in [0.2, 0.25) is 17.7 Å². The van der Waals surface area contributed by atoms with Gasteiger partial charge in [0.1, 0.15) is 6.04 Å². The molecule has 0 saturated heterocycles. The topological polar surface area (TPSA) is 101 Å². The number of hydrogen-bond acceptors (Lipinski definition) is 3. The summed E-state index contributed by atoms with van der Waals surface area (Å²) in [6.07, 6.45) is 6.23. The van der Waals surface area contributed by atoms with Crippen molar-refractivity contribution in [2.24, 2.45) is 40.2 Å². The molecule has 3 aliphatic carbocycles. The van der Waals surface area contributed by atoms with E-state index in [9.17, 15) is 14.4 Å². The van der Waals surface area contributed by atoms with E-state index >= 15 is 0 Å². The van der Waals surface area contributed by atoms with Crippen molar-refractivity contribution in [1.82, 2.24) is 10.6 Å². The molecule has 3 amide bonds. The van der Waals surface area contributed by atoms with Crippen molar-refractivity contribution in [2.45, 2.75) is 39.7 Å². The molecule has 5 atom stereocenters. The first-order valence-corrected chi connectivity index (χ1v) is 8.63. The zero-order chi connectivity index (χ0) is 17.9. The highest BCUT2D eigenvalue weighted by Crippen LogP contribution is 2.71. The minimum atomic E-state index is -0.651. The minimum absolute atomic E-state index is 0.0605. The molecule has 2 fully saturated rings. The van der Waals surface area contributed by atoms with Gasteiger partial charge in [-0.1, -0.05) is 32.9 Å². The lowest BCUT2D eigenvalue weighted by atomic mass is 9.80. The van der Waals surface area contributed by atoms with Gasteiger partial charge in [0.25, 0.3) is 0 Å². The smallest absolute Gasteiger partial charge is 0.242 e. The largest absolute Gasteiger partial charge is 0.369 e. The van der Waals surface area contributed by atoms with Crippen molar-refractivity contribution in [1.29, 1.82) is 0 Å². The lowest BCUT2D eigenvalue weighted by Crippen LogP contribution is -2.55. The molecule has 0 aromatic carbocycles. The minimum Gasteiger partial charge on any atom is -0.369 e. The lowest BCUT2D eigenvalue weighted by molar-refractivity contribution is -0.137. The van der Waals surface area contributed by atoms with E-state index in [0.717, 1.165) is 12.8 Å². The Morgan fingerprint density at radius 2 is 1.67 bits per heavy atom. The van der Waals surface area contributed by atoms with Crippen LogP contribution in [0.2, 0.25) is 0 Å². The summed E-state index contributed by atoms with van der Waals surface area (Å²) in [6.45, 7) is 5.71. The van der Waals surface area contributed by atoms with Gasteiger partial charge >= 0.3 is 0 Å². The Balaban J connectivity index is 1.85. The second-order valence-corrected chi connectivity index (χ2v) is 8.55. The van der Waals surface area contributed by atoms with Crippen LogP contribution in [0.5, 0.6) is 0 Å². The van der Waals surface area contributed by atoms with Crippen LogP contribution in [0.25, 0.3) is 0 Å². The van der Waals surface area contributed by atoms with Crippen molar-refractivity contribution in [2.75, 3.05) is 7.05 Å². The highest BCUT2D eigenvalue weighted by molar-refractivity contribution is 5.93. The fourth-order valence-electron chi connectivity index (χ4n) is 4.80. The number of carbonyl (C=O) groups is 3. The molecule has 0 aromatic rings. The number of primary amides is 1. The van der Waals surface area contributed by atoms with Gasteiger partial charge in [-0.25, -0.2) is 0 Å². The van der Waals surface area contributed by atoms with E-state index in [1.807, 2.05) is 20.8 Å². The van der Waals surface area contributed by atoms with Gasteiger partial charge < -0.3 is 16.4 Å². The van der Waals surface area contributed by atoms with Crippen molar-refractivity contribution < 1.29 is 14.4 Å². The van der Waals surface area contributed by atoms with Crippen molar-refractivity contribution in [3.63, 3.8) is 0 Å². The number of nitrogens with two attached hydrogens (primary N) is 1. The molecule has 0 radical (unpaired) electrons. The Bertz CT molecular complexity index is 615. The highest BCUT2D eigenvalue weighted by Gasteiger charge is 2.69. The fourth-order valence-corrected chi connectivity index (χ4v) is 4.80. The first-order valence-electron chi connectivity index (χ1n) is 8.63. The Labute approximate surface area is 142 Å². The number of carbonyl (C=O) groups excluding carboxylic acids is 3. The van der Waals surface area contributed by atoms with Gasteiger partial charge in [-0.05, 0) is 35.5 Å². The van der Waals surface area contributed by atoms with Gasteiger partial charge in [0.15, 0.2) is 0 Å². The van der Waals surface area contributed by atoms with Crippen LogP contribution in [0, 0.1) is 34.5 Å². The molecule has 0 aromatic heterocycles. The van der Waals surface area contributed by atoms with Gasteiger partial charge in [-0.15, -0.1) is 0 Å². The molecular formula is C18H27N3O3. The van der Waals surface area contributed by atoms with Crippen molar-refractivity contribution in [3.8, 4) is 0 Å². The van der Waals surface area contributed by atoms with E-state index in [1.165, 1.54) is 0 Å². The van der Waals surface area contributed by atoms with Crippen LogP contribution in [-0.2, 0) is 14.4 Å². The van der Waals surface area contributed by atoms with E-state index in [1.54, 1.807) is 7.05 Å². The Kier molecular flexibility index (Phi) is 3.77. The maximum Gasteiger partial charge on any atom is 0.242 e. The molecule has 1 spiro atoms. The summed E-state index contributed by atoms with van der Waals surface area (Å²) in [4.78, 5) is 37.2. The maximum atomic E-state index is 13.0. The van der Waals surface area contributed by atoms with Crippen LogP contribution < -0.4 is 16.4 Å². The molecule has 6 heteroatoms. The lowest BCUT2D eigenvalue weighted by Gasteiger charge is -2.33. The number of nitrogens with one attached hydrogen (secondary N) is 2. The second-order valence-electron chi connectivity index (χ2n) is 8.55. The van der Waals surface area contributed by atoms with Gasteiger partial charge in [-0.3, -0.25) is 14.4 Å². The third-order valence-electron chi connectivity index (χ3n) is 6.13. The van der Waals surface area contributed by atoms with Crippen LogP contribution in [0.15, 0.2) is 12.2 Å². The molecule has 3 aliphatic rings. The van der Waals surface area contributed by atoms with Crippen LogP contribution in [0.3, 0.4) is 0 Å². The molecule has 2 bridgehead atoms. The molecule has 2 unspecified atom stereocenters. The quantitative estimate of drug-likeness (QED) is 0.656. The summed E-state index contributed by atoms with van der Waals surface area (Å²) < 4.78 is 0. The molecule has 24 heavy (non-hydrogen) atoms. The van der Waals surface area contributed by atoms with E-state index in [-0.39, 0.29) is 29.1 Å². The third kappa shape index (κ3) is 2.34. The van der Waals surface area contributed by atoms with Gasteiger partial charge in [0.05, 0.1) is 11.8 Å². The normalized spacial score (nSPS) is 33.3. The first kappa shape index (κ1) is 17.0. The number of amides is 3. The van der Waals surface area contributed by atoms with Crippen LogP contribution in [-0.4, -0.2) is 30.8 Å². The third-order valence-corrected chi connectivity index (χ3v) is 6.13. The molecule has 132 valence electrons. The van der Waals surface area contributed by atoms with Crippen LogP contribution >= 0.6 is 0 Å². The summed E-state index contributed by atoms with van der Waals surface area (Å²) in [6, 6.07) is -0.651. The molecule has 3 rings (SSSR count). The zero-order valence-electron chi connectivity index (χ0n) is 14.8. The summed E-state index contributed by atoms with van der Waals surface area (Å²) in [5, 5.41) is 5.50. The van der Waals surface area contributed by atoms with Crippen molar-refractivity contribution >= 4 is 17.7 Å². The Hall–Kier alpha value is -1.85. The monoisotopic (exact) mass is 333 g/mol. The van der Waals surface area contributed by atoms with E-state index in [4.69, 9.17) is 5.73 Å². The summed E-state index contributed by atoms with van der Waals surface area (Å²) in [7, 11) is 1.55. The van der Waals surface area contributed by atoms with Gasteiger partial charge in [-0.2, -0.15) is 0 Å². The first-order chi connectivity index (χ1) is 11.1. The molecular weight excluding hydrogens is 306 g/mol. The Morgan fingerprint density at radius 3 is 2.08 bits per heavy atom. The predicted octanol–water partition coefficient (Wildman–Crippen LogP) is 0.577. The molecule has 0 heterocycles. The van der Waals surface area contributed by atoms with Crippen LogP contribution in [0.4, 0.5) is 0 Å². The van der Waals surface area contributed by atoms with E-state index < -0.39 is 29.2 Å². The number of likely N-dealkylation sites (N-methyl/N-ethyl adjacent to an activating group) is 1. The molecule has 6 nitrogen and oxygen atoms in total. The van der Waals surface area contributed by atoms with E-state index in [2.05, 4.69) is 22.8 Å². The second kappa shape index (κ2) is 5.33. The fraction of sp³-hybridized carbons (Fsp3) is 0.722. The summed E-state index contributed by atoms with van der Waals surface area (Å²) in [5.41, 5.74) is 5.27. The Morgan fingerprint density at radius 1 is 1.12 bits per heavy atom. The standard InChI is InChI=1S/C18H27N3O3/c1-17(2,3)13(16(24)20-4)21-15(23)12-10-6-5-9(11(12)14(19)22)18(10)7-8-18/h5-6,9-13H,7-8H2,1-4H3,(H2,19,22)(H,20,24)(H,21,23)/t9-,10+,11?,12?,13+/m0/s1. The molecule has 4 N–H and O–H groups in total. The SMILES string of the molecule is CNC(=O)[C@@H](NC(=O)C1C(C(N)=O)[C@@H]2C=C[C@H]1C21CC1)C(C)(C)C. The number of allylic oxidation sites excluding steroid dienone is 2. The molecule has 0 aliphatic heterocycles.